The first kappa shape index (κ1) is 28.3. The Morgan fingerprint density at radius 1 is 1.11 bits per heavy atom. The Labute approximate surface area is 219 Å². The van der Waals surface area contributed by atoms with Crippen LogP contribution in [0.3, 0.4) is 0 Å². The number of aromatic amines is 1. The van der Waals surface area contributed by atoms with E-state index in [1.165, 1.54) is 17.4 Å². The van der Waals surface area contributed by atoms with Crippen molar-refractivity contribution >= 4 is 29.6 Å². The number of likely N-dealkylation sites (tertiary alicyclic amines) is 1. The van der Waals surface area contributed by atoms with E-state index in [-0.39, 0.29) is 32.2 Å². The van der Waals surface area contributed by atoms with Gasteiger partial charge in [-0.15, -0.1) is 0 Å². The van der Waals surface area contributed by atoms with Crippen LogP contribution in [0, 0.1) is 0 Å². The van der Waals surface area contributed by atoms with Crippen molar-refractivity contribution in [1.29, 1.82) is 0 Å². The third kappa shape index (κ3) is 7.87. The molecule has 4 unspecified atom stereocenters. The van der Waals surface area contributed by atoms with Gasteiger partial charge in [0.25, 0.3) is 0 Å². The maximum Gasteiger partial charge on any atom is 0.326 e. The van der Waals surface area contributed by atoms with Crippen molar-refractivity contribution in [2.24, 2.45) is 11.5 Å². The van der Waals surface area contributed by atoms with E-state index >= 15 is 0 Å². The number of carboxylic acid groups (broad SMARTS) is 1. The Morgan fingerprint density at radius 3 is 2.47 bits per heavy atom. The lowest BCUT2D eigenvalue weighted by atomic mass is 10.0. The molecule has 1 aromatic heterocycles. The van der Waals surface area contributed by atoms with E-state index in [0.717, 1.165) is 5.56 Å². The van der Waals surface area contributed by atoms with Gasteiger partial charge < -0.3 is 37.1 Å². The number of aliphatic carboxylic acids is 1. The summed E-state index contributed by atoms with van der Waals surface area (Å²) in [6.45, 7) is 0.251. The molecule has 0 bridgehead atoms. The van der Waals surface area contributed by atoms with Gasteiger partial charge in [0.1, 0.15) is 18.1 Å². The second-order valence-corrected chi connectivity index (χ2v) is 9.23. The van der Waals surface area contributed by atoms with Crippen LogP contribution < -0.4 is 22.1 Å². The number of carbonyl (C=O) groups is 5. The van der Waals surface area contributed by atoms with E-state index in [2.05, 4.69) is 20.6 Å². The van der Waals surface area contributed by atoms with Gasteiger partial charge in [0.15, 0.2) is 0 Å². The number of rotatable bonds is 13. The molecule has 3 rings (SSSR count). The van der Waals surface area contributed by atoms with Crippen molar-refractivity contribution in [3.8, 4) is 0 Å². The summed E-state index contributed by atoms with van der Waals surface area (Å²) in [6.07, 6.45) is 3.78. The summed E-state index contributed by atoms with van der Waals surface area (Å²) < 4.78 is 0. The molecule has 0 saturated carbocycles. The average molecular weight is 528 g/mol. The van der Waals surface area contributed by atoms with Crippen LogP contribution in [0.5, 0.6) is 0 Å². The zero-order valence-electron chi connectivity index (χ0n) is 20.8. The number of nitrogens with one attached hydrogen (secondary N) is 3. The van der Waals surface area contributed by atoms with Crippen molar-refractivity contribution < 1.29 is 29.1 Å². The second-order valence-electron chi connectivity index (χ2n) is 9.23. The van der Waals surface area contributed by atoms with Crippen LogP contribution >= 0.6 is 0 Å². The quantitative estimate of drug-likeness (QED) is 0.186. The number of primary amides is 1. The first-order chi connectivity index (χ1) is 18.2. The summed E-state index contributed by atoms with van der Waals surface area (Å²) in [5.74, 6) is -3.68. The highest BCUT2D eigenvalue weighted by atomic mass is 16.4. The first-order valence-corrected chi connectivity index (χ1v) is 12.3. The van der Waals surface area contributed by atoms with E-state index in [9.17, 15) is 29.1 Å². The maximum atomic E-state index is 13.6. The summed E-state index contributed by atoms with van der Waals surface area (Å²) in [4.78, 5) is 70.4. The number of hydrogen-bond acceptors (Lipinski definition) is 7. The molecule has 2 aromatic rings. The second kappa shape index (κ2) is 13.3. The van der Waals surface area contributed by atoms with E-state index in [4.69, 9.17) is 11.5 Å². The van der Waals surface area contributed by atoms with Gasteiger partial charge in [-0.05, 0) is 31.2 Å². The van der Waals surface area contributed by atoms with Crippen LogP contribution in [0.2, 0.25) is 0 Å². The zero-order valence-corrected chi connectivity index (χ0v) is 20.8. The number of amides is 4. The van der Waals surface area contributed by atoms with Crippen LogP contribution in [-0.2, 0) is 36.8 Å². The summed E-state index contributed by atoms with van der Waals surface area (Å²) in [5.41, 5.74) is 12.7. The van der Waals surface area contributed by atoms with Crippen molar-refractivity contribution in [2.75, 3.05) is 6.54 Å². The van der Waals surface area contributed by atoms with E-state index in [1.54, 1.807) is 0 Å². The van der Waals surface area contributed by atoms with Crippen molar-refractivity contribution in [2.45, 2.75) is 62.7 Å². The van der Waals surface area contributed by atoms with Crippen molar-refractivity contribution in [1.82, 2.24) is 25.5 Å². The highest BCUT2D eigenvalue weighted by molar-refractivity contribution is 5.94. The average Bonchev–Trinajstić information content (AvgIpc) is 3.58. The number of benzene rings is 1. The molecule has 1 aromatic carbocycles. The minimum Gasteiger partial charge on any atom is -0.480 e. The lowest BCUT2D eigenvalue weighted by Crippen LogP contribution is -2.57. The van der Waals surface area contributed by atoms with Gasteiger partial charge in [0.2, 0.25) is 23.6 Å². The van der Waals surface area contributed by atoms with E-state index < -0.39 is 53.8 Å². The number of aromatic nitrogens is 2. The number of hydrogen-bond donors (Lipinski definition) is 6. The summed E-state index contributed by atoms with van der Waals surface area (Å²) in [5, 5.41) is 14.6. The Balaban J connectivity index is 1.72. The molecule has 0 spiro atoms. The molecule has 204 valence electrons. The molecule has 1 aliphatic heterocycles. The number of nitrogens with two attached hydrogens (primary N) is 2. The van der Waals surface area contributed by atoms with Gasteiger partial charge in [-0.1, -0.05) is 30.3 Å². The van der Waals surface area contributed by atoms with Crippen molar-refractivity contribution in [3.05, 3.63) is 54.1 Å². The monoisotopic (exact) mass is 527 g/mol. The molecule has 2 heterocycles. The predicted octanol–water partition coefficient (Wildman–Crippen LogP) is -1.17. The number of imidazole rings is 1. The molecule has 1 aliphatic rings. The third-order valence-corrected chi connectivity index (χ3v) is 6.36. The highest BCUT2D eigenvalue weighted by Crippen LogP contribution is 2.20. The predicted molar refractivity (Wildman–Crippen MR) is 135 cm³/mol. The lowest BCUT2D eigenvalue weighted by molar-refractivity contribution is -0.145. The number of carbonyl (C=O) groups excluding carboxylic acids is 4. The molecule has 13 nitrogen and oxygen atoms in total. The standard InChI is InChI=1S/C25H33N7O6/c26-17(11-15-5-2-1-3-6-15)22(34)31-19(12-16-13-28-14-29-16)24(36)32-10-4-7-20(32)23(35)30-18(25(37)38)8-9-21(27)33/h1-3,5-6,13-14,17-20H,4,7-12,26H2,(H2,27,33)(H,28,29)(H,30,35)(H,31,34)(H,37,38). The van der Waals surface area contributed by atoms with Crippen molar-refractivity contribution in [3.63, 3.8) is 0 Å². The highest BCUT2D eigenvalue weighted by Gasteiger charge is 2.39. The SMILES string of the molecule is NC(=O)CCC(NC(=O)C1CCCN1C(=O)C(Cc1cnc[nH]1)NC(=O)C(N)Cc1ccccc1)C(=O)O. The summed E-state index contributed by atoms with van der Waals surface area (Å²) in [7, 11) is 0. The molecule has 4 amide bonds. The molecule has 0 radical (unpaired) electrons. The lowest BCUT2D eigenvalue weighted by Gasteiger charge is -2.30. The van der Waals surface area contributed by atoms with E-state index in [0.29, 0.717) is 18.5 Å². The fourth-order valence-corrected chi connectivity index (χ4v) is 4.37. The van der Waals surface area contributed by atoms with Gasteiger partial charge in [-0.25, -0.2) is 9.78 Å². The van der Waals surface area contributed by atoms with E-state index in [1.807, 2.05) is 30.3 Å². The molecule has 1 saturated heterocycles. The van der Waals surface area contributed by atoms with Crippen LogP contribution in [-0.4, -0.2) is 80.3 Å². The van der Waals surface area contributed by atoms with Crippen LogP contribution in [0.4, 0.5) is 0 Å². The minimum absolute atomic E-state index is 0.0871. The molecular formula is C25H33N7O6. The fourth-order valence-electron chi connectivity index (χ4n) is 4.37. The van der Waals surface area contributed by atoms with Gasteiger partial charge in [-0.3, -0.25) is 19.2 Å². The zero-order chi connectivity index (χ0) is 27.7. The van der Waals surface area contributed by atoms with Gasteiger partial charge >= 0.3 is 5.97 Å². The molecular weight excluding hydrogens is 494 g/mol. The smallest absolute Gasteiger partial charge is 0.326 e. The van der Waals surface area contributed by atoms with Crippen LogP contribution in [0.1, 0.15) is 36.9 Å². The van der Waals surface area contributed by atoms with Gasteiger partial charge in [0.05, 0.1) is 12.4 Å². The summed E-state index contributed by atoms with van der Waals surface area (Å²) in [6, 6.07) is 5.02. The summed E-state index contributed by atoms with van der Waals surface area (Å²) >= 11 is 0. The topological polar surface area (TPSA) is 214 Å². The maximum absolute atomic E-state index is 13.6. The Bertz CT molecular complexity index is 1120. The molecule has 8 N–H and O–H groups in total. The normalized spacial score (nSPS) is 17.3. The van der Waals surface area contributed by atoms with Crippen LogP contribution in [0.15, 0.2) is 42.9 Å². The first-order valence-electron chi connectivity index (χ1n) is 12.3. The number of nitrogens with zero attached hydrogens (tertiary/aromatic N) is 2. The fraction of sp³-hybridized carbons (Fsp3) is 0.440. The molecule has 4 atom stereocenters. The number of H-pyrrole nitrogens is 1. The van der Waals surface area contributed by atoms with Crippen LogP contribution in [0.25, 0.3) is 0 Å². The number of carboxylic acids is 1. The van der Waals surface area contributed by atoms with Gasteiger partial charge in [-0.2, -0.15) is 0 Å². The Kier molecular flexibility index (Phi) is 9.93. The largest absolute Gasteiger partial charge is 0.480 e. The Morgan fingerprint density at radius 2 is 1.84 bits per heavy atom. The molecule has 13 heteroatoms. The minimum atomic E-state index is -1.33. The molecule has 38 heavy (non-hydrogen) atoms. The van der Waals surface area contributed by atoms with Gasteiger partial charge in [0, 0.05) is 31.3 Å². The third-order valence-electron chi connectivity index (χ3n) is 6.36. The molecule has 1 fully saturated rings. The Hall–Kier alpha value is -4.26. The molecule has 0 aliphatic carbocycles.